The number of hydrogen-bond acceptors (Lipinski definition) is 5. The van der Waals surface area contributed by atoms with Crippen molar-refractivity contribution in [1.29, 1.82) is 0 Å². The fourth-order valence-electron chi connectivity index (χ4n) is 2.41. The number of hydrogen-bond donors (Lipinski definition) is 2. The van der Waals surface area contributed by atoms with E-state index in [1.807, 2.05) is 35.0 Å². The van der Waals surface area contributed by atoms with Crippen LogP contribution in [0.3, 0.4) is 0 Å². The summed E-state index contributed by atoms with van der Waals surface area (Å²) in [6.45, 7) is 6.28. The molecule has 0 aliphatic rings. The van der Waals surface area contributed by atoms with Crippen LogP contribution < -0.4 is 10.6 Å². The van der Waals surface area contributed by atoms with E-state index >= 15 is 0 Å². The van der Waals surface area contributed by atoms with Gasteiger partial charge in [0.15, 0.2) is 17.4 Å². The van der Waals surface area contributed by atoms with Crippen LogP contribution in [0.1, 0.15) is 29.6 Å². The van der Waals surface area contributed by atoms with Crippen molar-refractivity contribution in [1.82, 2.24) is 30.2 Å². The van der Waals surface area contributed by atoms with Gasteiger partial charge in [0.1, 0.15) is 6.54 Å². The van der Waals surface area contributed by atoms with Crippen molar-refractivity contribution in [3.63, 3.8) is 0 Å². The van der Waals surface area contributed by atoms with E-state index in [1.54, 1.807) is 11.3 Å². The molecule has 3 rings (SSSR count). The lowest BCUT2D eigenvalue weighted by molar-refractivity contribution is 0.785. The average molecular weight is 357 g/mol. The summed E-state index contributed by atoms with van der Waals surface area (Å²) < 4.78 is 1.95. The van der Waals surface area contributed by atoms with E-state index < -0.39 is 0 Å². The van der Waals surface area contributed by atoms with Crippen molar-refractivity contribution in [3.8, 4) is 0 Å². The predicted octanol–water partition coefficient (Wildman–Crippen LogP) is 2.05. The first-order chi connectivity index (χ1) is 12.3. The summed E-state index contributed by atoms with van der Waals surface area (Å²) in [5.74, 6) is 1.60. The van der Waals surface area contributed by atoms with Crippen molar-refractivity contribution >= 4 is 22.9 Å². The molecular formula is C17H23N7S. The Hall–Kier alpha value is -2.48. The second-order valence-corrected chi connectivity index (χ2v) is 6.69. The van der Waals surface area contributed by atoms with Crippen LogP contribution in [0.2, 0.25) is 0 Å². The molecule has 0 aliphatic heterocycles. The van der Waals surface area contributed by atoms with Gasteiger partial charge in [0.2, 0.25) is 0 Å². The normalized spacial score (nSPS) is 11.8. The van der Waals surface area contributed by atoms with Gasteiger partial charge < -0.3 is 10.6 Å². The molecule has 0 unspecified atom stereocenters. The van der Waals surface area contributed by atoms with E-state index in [2.05, 4.69) is 44.7 Å². The Balaban J connectivity index is 1.59. The molecular weight excluding hydrogens is 334 g/mol. The molecule has 3 aromatic heterocycles. The Labute approximate surface area is 151 Å². The first kappa shape index (κ1) is 17.3. The van der Waals surface area contributed by atoms with E-state index in [4.69, 9.17) is 0 Å². The largest absolute Gasteiger partial charge is 0.357 e. The highest BCUT2D eigenvalue weighted by molar-refractivity contribution is 7.11. The van der Waals surface area contributed by atoms with Crippen molar-refractivity contribution in [2.45, 2.75) is 33.2 Å². The molecule has 25 heavy (non-hydrogen) atoms. The molecule has 0 fully saturated rings. The minimum Gasteiger partial charge on any atom is -0.357 e. The number of guanidine groups is 1. The lowest BCUT2D eigenvalue weighted by atomic mass is 10.4. The number of aromatic nitrogens is 4. The number of aryl methyl sites for hydroxylation is 1. The van der Waals surface area contributed by atoms with Crippen molar-refractivity contribution in [2.24, 2.45) is 4.99 Å². The lowest BCUT2D eigenvalue weighted by Gasteiger charge is -2.10. The molecule has 3 aromatic rings. The zero-order valence-electron chi connectivity index (χ0n) is 14.6. The van der Waals surface area contributed by atoms with Crippen molar-refractivity contribution < 1.29 is 0 Å². The molecule has 7 nitrogen and oxygen atoms in total. The molecule has 0 amide bonds. The van der Waals surface area contributed by atoms with Gasteiger partial charge in [0.25, 0.3) is 0 Å². The van der Waals surface area contributed by atoms with Crippen LogP contribution in [0.25, 0.3) is 5.65 Å². The molecule has 0 saturated carbocycles. The molecule has 132 valence electrons. The first-order valence-electron chi connectivity index (χ1n) is 8.54. The van der Waals surface area contributed by atoms with Gasteiger partial charge in [-0.25, -0.2) is 9.98 Å². The molecule has 8 heteroatoms. The van der Waals surface area contributed by atoms with Crippen LogP contribution >= 0.6 is 11.3 Å². The number of rotatable bonds is 7. The molecule has 3 heterocycles. The fraction of sp³-hybridized carbons (Fsp3) is 0.412. The minimum atomic E-state index is 0.470. The third-order valence-electron chi connectivity index (χ3n) is 3.69. The number of pyridine rings is 1. The minimum absolute atomic E-state index is 0.470. The number of nitrogens with one attached hydrogen (secondary N) is 2. The Kier molecular flexibility index (Phi) is 5.95. The lowest BCUT2D eigenvalue weighted by Crippen LogP contribution is -2.38. The van der Waals surface area contributed by atoms with Gasteiger partial charge in [-0.1, -0.05) is 13.0 Å². The summed E-state index contributed by atoms with van der Waals surface area (Å²) >= 11 is 1.78. The zero-order chi connectivity index (χ0) is 17.5. The van der Waals surface area contributed by atoms with Crippen LogP contribution in [-0.4, -0.2) is 38.6 Å². The highest BCUT2D eigenvalue weighted by Gasteiger charge is 2.05. The molecule has 0 saturated heterocycles. The third-order valence-corrected chi connectivity index (χ3v) is 4.89. The van der Waals surface area contributed by atoms with E-state index in [0.29, 0.717) is 6.54 Å². The third kappa shape index (κ3) is 4.54. The van der Waals surface area contributed by atoms with Gasteiger partial charge >= 0.3 is 0 Å². The summed E-state index contributed by atoms with van der Waals surface area (Å²) in [4.78, 5) is 10.4. The second kappa shape index (κ2) is 8.57. The molecule has 0 bridgehead atoms. The van der Waals surface area contributed by atoms with Crippen molar-refractivity contribution in [2.75, 3.05) is 13.1 Å². The Morgan fingerprint density at radius 3 is 2.96 bits per heavy atom. The topological polar surface area (TPSA) is 79.5 Å². The van der Waals surface area contributed by atoms with E-state index in [0.717, 1.165) is 48.4 Å². The Morgan fingerprint density at radius 1 is 1.24 bits per heavy atom. The first-order valence-corrected chi connectivity index (χ1v) is 9.36. The highest BCUT2D eigenvalue weighted by atomic mass is 32.1. The van der Waals surface area contributed by atoms with Crippen LogP contribution in [0.5, 0.6) is 0 Å². The average Bonchev–Trinajstić information content (AvgIpc) is 3.26. The summed E-state index contributed by atoms with van der Waals surface area (Å²) in [7, 11) is 0. The maximum Gasteiger partial charge on any atom is 0.191 e. The van der Waals surface area contributed by atoms with Gasteiger partial charge in [-0.2, -0.15) is 0 Å². The van der Waals surface area contributed by atoms with Gasteiger partial charge in [0, 0.05) is 36.8 Å². The fourth-order valence-corrected chi connectivity index (χ4v) is 3.27. The summed E-state index contributed by atoms with van der Waals surface area (Å²) in [6.07, 6.45) is 5.86. The number of fused-ring (bicyclic) bond motifs is 1. The van der Waals surface area contributed by atoms with Gasteiger partial charge in [-0.05, 0) is 25.5 Å². The van der Waals surface area contributed by atoms with Gasteiger partial charge in [-0.3, -0.25) is 4.40 Å². The SMILES string of the molecule is CCNC(=NCc1nnc2ccccn12)NCCc1ncc(CC)s1. The highest BCUT2D eigenvalue weighted by Crippen LogP contribution is 2.13. The monoisotopic (exact) mass is 357 g/mol. The molecule has 0 aliphatic carbocycles. The quantitative estimate of drug-likeness (QED) is 0.500. The van der Waals surface area contributed by atoms with E-state index in [9.17, 15) is 0 Å². The van der Waals surface area contributed by atoms with Crippen LogP contribution in [0.4, 0.5) is 0 Å². The molecule has 0 spiro atoms. The van der Waals surface area contributed by atoms with E-state index in [1.165, 1.54) is 4.88 Å². The maximum atomic E-state index is 4.61. The smallest absolute Gasteiger partial charge is 0.191 e. The van der Waals surface area contributed by atoms with Gasteiger partial charge in [0.05, 0.1) is 5.01 Å². The van der Waals surface area contributed by atoms with Crippen molar-refractivity contribution in [3.05, 3.63) is 46.3 Å². The number of aliphatic imine (C=N–C) groups is 1. The Morgan fingerprint density at radius 2 is 2.16 bits per heavy atom. The number of nitrogens with zero attached hydrogens (tertiary/aromatic N) is 5. The standard InChI is InChI=1S/C17H23N7S/c1-3-13-11-20-16(25-13)8-9-19-17(18-4-2)21-12-15-23-22-14-7-5-6-10-24(14)15/h5-7,10-11H,3-4,8-9,12H2,1-2H3,(H2,18,19,21). The Bertz CT molecular complexity index is 836. The van der Waals surface area contributed by atoms with Crippen LogP contribution in [0, 0.1) is 0 Å². The van der Waals surface area contributed by atoms with Crippen LogP contribution in [0.15, 0.2) is 35.6 Å². The second-order valence-electron chi connectivity index (χ2n) is 5.49. The predicted molar refractivity (Wildman–Crippen MR) is 101 cm³/mol. The summed E-state index contributed by atoms with van der Waals surface area (Å²) in [5.41, 5.74) is 0.834. The number of thiazole rings is 1. The maximum absolute atomic E-state index is 4.61. The van der Waals surface area contributed by atoms with Gasteiger partial charge in [-0.15, -0.1) is 21.5 Å². The van der Waals surface area contributed by atoms with E-state index in [-0.39, 0.29) is 0 Å². The molecule has 0 aromatic carbocycles. The molecule has 2 N–H and O–H groups in total. The van der Waals surface area contributed by atoms with Crippen LogP contribution in [-0.2, 0) is 19.4 Å². The summed E-state index contributed by atoms with van der Waals surface area (Å²) in [5, 5.41) is 16.1. The zero-order valence-corrected chi connectivity index (χ0v) is 15.4. The molecule has 0 atom stereocenters. The summed E-state index contributed by atoms with van der Waals surface area (Å²) in [6, 6.07) is 5.85. The molecule has 0 radical (unpaired) electrons.